The van der Waals surface area contributed by atoms with Crippen LogP contribution in [0, 0.1) is 0 Å². The van der Waals surface area contributed by atoms with Gasteiger partial charge in [0, 0.05) is 0 Å². The first-order chi connectivity index (χ1) is 6.22. The van der Waals surface area contributed by atoms with Gasteiger partial charge in [0.05, 0.1) is 19.8 Å². The maximum absolute atomic E-state index is 11.4. The fourth-order valence-corrected chi connectivity index (χ4v) is 1.03. The lowest BCUT2D eigenvalue weighted by Gasteiger charge is -2.05. The summed E-state index contributed by atoms with van der Waals surface area (Å²) >= 11 is 0. The Bertz CT molecular complexity index is 346. The average molecular weight is 184 g/mol. The summed E-state index contributed by atoms with van der Waals surface area (Å²) in [7, 11) is 2.91. The van der Waals surface area contributed by atoms with E-state index >= 15 is 0 Å². The molecule has 0 aromatic carbocycles. The largest absolute Gasteiger partial charge is 0.481 e. The highest BCUT2D eigenvalue weighted by Crippen LogP contribution is 2.13. The first-order valence-corrected chi connectivity index (χ1v) is 3.94. The summed E-state index contributed by atoms with van der Waals surface area (Å²) in [6.07, 6.45) is 0.579. The number of ether oxygens (including phenoxy) is 2. The van der Waals surface area contributed by atoms with Gasteiger partial charge in [-0.25, -0.2) is 0 Å². The van der Waals surface area contributed by atoms with E-state index in [1.165, 1.54) is 14.2 Å². The van der Waals surface area contributed by atoms with Gasteiger partial charge in [0.15, 0.2) is 0 Å². The monoisotopic (exact) mass is 184 g/mol. The number of H-pyrrole nitrogens is 1. The molecule has 0 atom stereocenters. The van der Waals surface area contributed by atoms with Crippen molar-refractivity contribution in [2.24, 2.45) is 0 Å². The van der Waals surface area contributed by atoms with Crippen molar-refractivity contribution < 1.29 is 9.47 Å². The van der Waals surface area contributed by atoms with Crippen LogP contribution < -0.4 is 15.0 Å². The van der Waals surface area contributed by atoms with Crippen molar-refractivity contribution in [3.8, 4) is 11.9 Å². The SMILES string of the molecule is CCc1c(OC)nc(OC)[nH]c1=O. The highest BCUT2D eigenvalue weighted by atomic mass is 16.5. The quantitative estimate of drug-likeness (QED) is 0.736. The Morgan fingerprint density at radius 2 is 2.08 bits per heavy atom. The highest BCUT2D eigenvalue weighted by molar-refractivity contribution is 5.25. The molecule has 0 unspecified atom stereocenters. The van der Waals surface area contributed by atoms with E-state index in [0.29, 0.717) is 17.9 Å². The molecule has 0 amide bonds. The summed E-state index contributed by atoms with van der Waals surface area (Å²) in [5.41, 5.74) is 0.314. The Morgan fingerprint density at radius 1 is 1.38 bits per heavy atom. The third kappa shape index (κ3) is 1.80. The number of nitrogens with zero attached hydrogens (tertiary/aromatic N) is 1. The summed E-state index contributed by atoms with van der Waals surface area (Å²) in [6, 6.07) is 0.166. The number of hydrogen-bond acceptors (Lipinski definition) is 4. The van der Waals surface area contributed by atoms with Crippen LogP contribution >= 0.6 is 0 Å². The molecule has 0 saturated heterocycles. The molecule has 0 aliphatic carbocycles. The molecule has 1 aromatic rings. The van der Waals surface area contributed by atoms with Crippen LogP contribution in [0.2, 0.25) is 0 Å². The van der Waals surface area contributed by atoms with Gasteiger partial charge in [0.2, 0.25) is 5.88 Å². The van der Waals surface area contributed by atoms with Gasteiger partial charge in [0.25, 0.3) is 11.6 Å². The van der Waals surface area contributed by atoms with Crippen LogP contribution in [0.5, 0.6) is 11.9 Å². The fourth-order valence-electron chi connectivity index (χ4n) is 1.03. The Morgan fingerprint density at radius 3 is 2.54 bits per heavy atom. The predicted octanol–water partition coefficient (Wildman–Crippen LogP) is 0.349. The van der Waals surface area contributed by atoms with Gasteiger partial charge in [-0.1, -0.05) is 6.92 Å². The summed E-state index contributed by atoms with van der Waals surface area (Å²) in [4.78, 5) is 17.8. The molecule has 0 aliphatic rings. The average Bonchev–Trinajstić information content (AvgIpc) is 2.16. The molecule has 0 saturated carbocycles. The molecule has 5 heteroatoms. The van der Waals surface area contributed by atoms with E-state index in [0.717, 1.165) is 0 Å². The molecule has 13 heavy (non-hydrogen) atoms. The lowest BCUT2D eigenvalue weighted by atomic mass is 10.2. The van der Waals surface area contributed by atoms with Gasteiger partial charge in [-0.15, -0.1) is 0 Å². The second-order valence-electron chi connectivity index (χ2n) is 2.42. The number of rotatable bonds is 3. The first kappa shape index (κ1) is 9.57. The second kappa shape index (κ2) is 3.93. The molecule has 1 aromatic heterocycles. The number of aromatic amines is 1. The van der Waals surface area contributed by atoms with Gasteiger partial charge in [0.1, 0.15) is 0 Å². The predicted molar refractivity (Wildman–Crippen MR) is 47.3 cm³/mol. The number of nitrogens with one attached hydrogen (secondary N) is 1. The Kier molecular flexibility index (Phi) is 2.89. The van der Waals surface area contributed by atoms with E-state index < -0.39 is 0 Å². The van der Waals surface area contributed by atoms with Crippen molar-refractivity contribution in [3.05, 3.63) is 15.9 Å². The lowest BCUT2D eigenvalue weighted by Crippen LogP contribution is -2.16. The van der Waals surface area contributed by atoms with Crippen LogP contribution in [0.15, 0.2) is 4.79 Å². The summed E-state index contributed by atoms with van der Waals surface area (Å²) in [5.74, 6) is 0.322. The number of methoxy groups -OCH3 is 2. The van der Waals surface area contributed by atoms with E-state index in [9.17, 15) is 4.79 Å². The van der Waals surface area contributed by atoms with Crippen molar-refractivity contribution in [1.29, 1.82) is 0 Å². The zero-order chi connectivity index (χ0) is 9.84. The molecule has 5 nitrogen and oxygen atoms in total. The standard InChI is InChI=1S/C8H12N2O3/c1-4-5-6(11)9-8(13-3)10-7(5)12-2/h4H2,1-3H3,(H,9,10,11). The minimum absolute atomic E-state index is 0.166. The van der Waals surface area contributed by atoms with Crippen molar-refractivity contribution in [2.45, 2.75) is 13.3 Å². The van der Waals surface area contributed by atoms with Crippen LogP contribution in [-0.2, 0) is 6.42 Å². The Hall–Kier alpha value is -1.52. The van der Waals surface area contributed by atoms with E-state index in [1.807, 2.05) is 6.92 Å². The third-order valence-corrected chi connectivity index (χ3v) is 1.70. The number of aromatic nitrogens is 2. The highest BCUT2D eigenvalue weighted by Gasteiger charge is 2.09. The van der Waals surface area contributed by atoms with E-state index in [-0.39, 0.29) is 11.6 Å². The maximum atomic E-state index is 11.4. The molecule has 0 spiro atoms. The third-order valence-electron chi connectivity index (χ3n) is 1.70. The normalized spacial score (nSPS) is 9.77. The summed E-state index contributed by atoms with van der Waals surface area (Å²) in [6.45, 7) is 1.86. The van der Waals surface area contributed by atoms with Gasteiger partial charge in [-0.3, -0.25) is 9.78 Å². The van der Waals surface area contributed by atoms with Crippen molar-refractivity contribution >= 4 is 0 Å². The van der Waals surface area contributed by atoms with Gasteiger partial charge in [-0.05, 0) is 6.42 Å². The molecule has 72 valence electrons. The van der Waals surface area contributed by atoms with Gasteiger partial charge >= 0.3 is 0 Å². The van der Waals surface area contributed by atoms with Gasteiger partial charge in [-0.2, -0.15) is 4.98 Å². The minimum atomic E-state index is -0.216. The van der Waals surface area contributed by atoms with Crippen molar-refractivity contribution in [3.63, 3.8) is 0 Å². The molecule has 1 N–H and O–H groups in total. The fraction of sp³-hybridized carbons (Fsp3) is 0.500. The van der Waals surface area contributed by atoms with Crippen LogP contribution in [0.1, 0.15) is 12.5 Å². The molecular weight excluding hydrogens is 172 g/mol. The maximum Gasteiger partial charge on any atom is 0.299 e. The van der Waals surface area contributed by atoms with Crippen LogP contribution in [0.3, 0.4) is 0 Å². The first-order valence-electron chi connectivity index (χ1n) is 3.94. The van der Waals surface area contributed by atoms with E-state index in [1.54, 1.807) is 0 Å². The van der Waals surface area contributed by atoms with Crippen molar-refractivity contribution in [1.82, 2.24) is 9.97 Å². The minimum Gasteiger partial charge on any atom is -0.481 e. The van der Waals surface area contributed by atoms with E-state index in [2.05, 4.69) is 9.97 Å². The summed E-state index contributed by atoms with van der Waals surface area (Å²) < 4.78 is 9.74. The number of hydrogen-bond donors (Lipinski definition) is 1. The molecule has 0 radical (unpaired) electrons. The molecule has 0 bridgehead atoms. The Labute approximate surface area is 75.7 Å². The topological polar surface area (TPSA) is 64.2 Å². The summed E-state index contributed by atoms with van der Waals surface area (Å²) in [5, 5.41) is 0. The zero-order valence-electron chi connectivity index (χ0n) is 7.88. The van der Waals surface area contributed by atoms with Crippen LogP contribution in [-0.4, -0.2) is 24.2 Å². The molecule has 0 fully saturated rings. The lowest BCUT2D eigenvalue weighted by molar-refractivity contribution is 0.347. The van der Waals surface area contributed by atoms with Crippen LogP contribution in [0.25, 0.3) is 0 Å². The zero-order valence-corrected chi connectivity index (χ0v) is 7.88. The molecule has 1 heterocycles. The molecular formula is C8H12N2O3. The Balaban J connectivity index is 3.29. The van der Waals surface area contributed by atoms with Crippen molar-refractivity contribution in [2.75, 3.05) is 14.2 Å². The van der Waals surface area contributed by atoms with E-state index in [4.69, 9.17) is 9.47 Å². The molecule has 0 aliphatic heterocycles. The second-order valence-corrected chi connectivity index (χ2v) is 2.42. The van der Waals surface area contributed by atoms with Gasteiger partial charge < -0.3 is 9.47 Å². The molecule has 1 rings (SSSR count). The van der Waals surface area contributed by atoms with Crippen LogP contribution in [0.4, 0.5) is 0 Å². The smallest absolute Gasteiger partial charge is 0.299 e.